The van der Waals surface area contributed by atoms with Gasteiger partial charge in [-0.3, -0.25) is 14.4 Å². The summed E-state index contributed by atoms with van der Waals surface area (Å²) in [7, 11) is 5.49. The quantitative estimate of drug-likeness (QED) is 0.344. The number of anilines is 1. The van der Waals surface area contributed by atoms with Gasteiger partial charge in [0.05, 0.1) is 50.9 Å². The van der Waals surface area contributed by atoms with Crippen LogP contribution >= 0.6 is 11.8 Å². The van der Waals surface area contributed by atoms with Gasteiger partial charge in [0.2, 0.25) is 17.6 Å². The van der Waals surface area contributed by atoms with Gasteiger partial charge in [-0.2, -0.15) is 5.26 Å². The van der Waals surface area contributed by atoms with Crippen molar-refractivity contribution in [1.82, 2.24) is 5.32 Å². The molecule has 38 heavy (non-hydrogen) atoms. The average Bonchev–Trinajstić information content (AvgIpc) is 2.94. The van der Waals surface area contributed by atoms with Crippen LogP contribution in [0.4, 0.5) is 5.69 Å². The van der Waals surface area contributed by atoms with E-state index in [1.807, 2.05) is 31.2 Å². The van der Waals surface area contributed by atoms with E-state index in [1.165, 1.54) is 28.4 Å². The number of methoxy groups -OCH3 is 4. The van der Waals surface area contributed by atoms with Crippen LogP contribution in [0, 0.1) is 17.2 Å². The first-order chi connectivity index (χ1) is 18.3. The van der Waals surface area contributed by atoms with Crippen molar-refractivity contribution in [2.45, 2.75) is 19.3 Å². The summed E-state index contributed by atoms with van der Waals surface area (Å²) in [5.41, 5.74) is 2.18. The van der Waals surface area contributed by atoms with Gasteiger partial charge < -0.3 is 29.6 Å². The molecule has 200 valence electrons. The fourth-order valence-corrected chi connectivity index (χ4v) is 5.08. The molecule has 0 unspecified atom stereocenters. The molecule has 2 aromatic rings. The Morgan fingerprint density at radius 2 is 1.74 bits per heavy atom. The Balaban J connectivity index is 2.02. The van der Waals surface area contributed by atoms with Gasteiger partial charge >= 0.3 is 5.97 Å². The first kappa shape index (κ1) is 28.4. The number of amides is 2. The van der Waals surface area contributed by atoms with Gasteiger partial charge in [-0.05, 0) is 35.7 Å². The smallest absolute Gasteiger partial charge is 0.319 e. The predicted octanol–water partition coefficient (Wildman–Crippen LogP) is 3.38. The minimum atomic E-state index is -1.35. The highest BCUT2D eigenvalue weighted by Gasteiger charge is 2.45. The van der Waals surface area contributed by atoms with Crippen molar-refractivity contribution in [2.24, 2.45) is 5.92 Å². The third-order valence-electron chi connectivity index (χ3n) is 6.05. The lowest BCUT2D eigenvalue weighted by Crippen LogP contribution is -2.44. The number of aryl methyl sites for hydroxylation is 1. The van der Waals surface area contributed by atoms with E-state index in [9.17, 15) is 19.6 Å². The molecule has 0 spiro atoms. The number of rotatable bonds is 10. The number of nitrogens with one attached hydrogen (secondary N) is 2. The first-order valence-corrected chi connectivity index (χ1v) is 12.6. The molecule has 1 heterocycles. The van der Waals surface area contributed by atoms with E-state index in [0.717, 1.165) is 23.7 Å². The number of thioether (sulfide) groups is 1. The van der Waals surface area contributed by atoms with Crippen molar-refractivity contribution in [3.63, 3.8) is 0 Å². The number of benzene rings is 2. The van der Waals surface area contributed by atoms with Crippen molar-refractivity contribution in [3.8, 4) is 23.3 Å². The van der Waals surface area contributed by atoms with E-state index in [0.29, 0.717) is 17.0 Å². The first-order valence-electron chi connectivity index (χ1n) is 11.7. The van der Waals surface area contributed by atoms with Crippen molar-refractivity contribution in [3.05, 3.63) is 58.1 Å². The Kier molecular flexibility index (Phi) is 9.62. The summed E-state index contributed by atoms with van der Waals surface area (Å²) < 4.78 is 21.1. The number of allylic oxidation sites excluding steroid dienone is 1. The van der Waals surface area contributed by atoms with Crippen LogP contribution in [0.5, 0.6) is 17.2 Å². The Morgan fingerprint density at radius 3 is 2.29 bits per heavy atom. The molecular formula is C27H29N3O7S. The molecule has 10 nitrogen and oxygen atoms in total. The molecule has 2 amide bonds. The van der Waals surface area contributed by atoms with Gasteiger partial charge in [0.1, 0.15) is 5.92 Å². The van der Waals surface area contributed by atoms with Crippen LogP contribution in [0.15, 0.2) is 47.0 Å². The van der Waals surface area contributed by atoms with Gasteiger partial charge in [-0.25, -0.2) is 0 Å². The molecule has 0 aliphatic carbocycles. The zero-order chi connectivity index (χ0) is 27.8. The van der Waals surface area contributed by atoms with E-state index >= 15 is 0 Å². The second kappa shape index (κ2) is 12.9. The molecule has 0 saturated heterocycles. The Labute approximate surface area is 225 Å². The van der Waals surface area contributed by atoms with E-state index in [1.54, 1.807) is 12.1 Å². The maximum atomic E-state index is 13.1. The van der Waals surface area contributed by atoms with E-state index in [4.69, 9.17) is 18.9 Å². The highest BCUT2D eigenvalue weighted by molar-refractivity contribution is 8.03. The largest absolute Gasteiger partial charge is 0.493 e. The summed E-state index contributed by atoms with van der Waals surface area (Å²) in [5, 5.41) is 15.8. The Morgan fingerprint density at radius 1 is 1.08 bits per heavy atom. The van der Waals surface area contributed by atoms with Gasteiger partial charge in [0.15, 0.2) is 11.5 Å². The highest BCUT2D eigenvalue weighted by Crippen LogP contribution is 2.46. The fraction of sp³-hybridized carbons (Fsp3) is 0.333. The number of nitriles is 1. The van der Waals surface area contributed by atoms with Crippen LogP contribution in [0.3, 0.4) is 0 Å². The van der Waals surface area contributed by atoms with Crippen LogP contribution in [0.1, 0.15) is 24.0 Å². The van der Waals surface area contributed by atoms with Gasteiger partial charge in [-0.1, -0.05) is 36.9 Å². The number of para-hydroxylation sites is 1. The molecule has 3 rings (SSSR count). The summed E-state index contributed by atoms with van der Waals surface area (Å²) >= 11 is 0.996. The molecule has 11 heteroatoms. The van der Waals surface area contributed by atoms with Gasteiger partial charge in [-0.15, -0.1) is 0 Å². The fourth-order valence-electron chi connectivity index (χ4n) is 4.24. The van der Waals surface area contributed by atoms with Crippen molar-refractivity contribution in [2.75, 3.05) is 39.5 Å². The van der Waals surface area contributed by atoms with Crippen LogP contribution < -0.4 is 24.8 Å². The average molecular weight is 540 g/mol. The molecule has 2 aromatic carbocycles. The maximum Gasteiger partial charge on any atom is 0.319 e. The Hall–Kier alpha value is -4.17. The van der Waals surface area contributed by atoms with Crippen LogP contribution in [0.25, 0.3) is 0 Å². The van der Waals surface area contributed by atoms with E-state index < -0.39 is 23.7 Å². The molecule has 2 atom stereocenters. The molecule has 1 aliphatic rings. The number of hydrogen-bond donors (Lipinski definition) is 2. The summed E-state index contributed by atoms with van der Waals surface area (Å²) in [6.45, 7) is 1.99. The monoisotopic (exact) mass is 539 g/mol. The summed E-state index contributed by atoms with van der Waals surface area (Å²) in [6.07, 6.45) is 0.745. The molecular weight excluding hydrogens is 510 g/mol. The maximum absolute atomic E-state index is 13.1. The number of carbonyl (C=O) groups is 3. The van der Waals surface area contributed by atoms with Crippen molar-refractivity contribution < 1.29 is 33.3 Å². The highest BCUT2D eigenvalue weighted by atomic mass is 32.2. The molecule has 0 fully saturated rings. The van der Waals surface area contributed by atoms with Gasteiger partial charge in [0.25, 0.3) is 0 Å². The minimum Gasteiger partial charge on any atom is -0.493 e. The van der Waals surface area contributed by atoms with Crippen LogP contribution in [0.2, 0.25) is 0 Å². The van der Waals surface area contributed by atoms with Gasteiger partial charge in [0, 0.05) is 11.6 Å². The molecule has 0 saturated carbocycles. The number of esters is 1. The zero-order valence-electron chi connectivity index (χ0n) is 21.7. The molecule has 0 aromatic heterocycles. The molecule has 1 aliphatic heterocycles. The number of hydrogen-bond acceptors (Lipinski definition) is 9. The second-order valence-corrected chi connectivity index (χ2v) is 9.11. The third kappa shape index (κ3) is 5.86. The molecule has 2 N–H and O–H groups in total. The summed E-state index contributed by atoms with van der Waals surface area (Å²) in [6, 6.07) is 12.7. The van der Waals surface area contributed by atoms with Crippen molar-refractivity contribution >= 4 is 35.2 Å². The SMILES string of the molecule is CCc1ccccc1NC(=O)CSC1=C(C#N)[C@H](c2cc(OC)c(OC)c(OC)c2)[C@H](C(=O)OC)C(=O)N1. The zero-order valence-corrected chi connectivity index (χ0v) is 22.6. The lowest BCUT2D eigenvalue weighted by molar-refractivity contribution is -0.150. The van der Waals surface area contributed by atoms with E-state index in [2.05, 4.69) is 16.7 Å². The van der Waals surface area contributed by atoms with E-state index in [-0.39, 0.29) is 33.8 Å². The molecule has 0 radical (unpaired) electrons. The Bertz CT molecular complexity index is 1280. The number of ether oxygens (including phenoxy) is 4. The molecule has 0 bridgehead atoms. The topological polar surface area (TPSA) is 136 Å². The normalized spacial score (nSPS) is 16.7. The lowest BCUT2D eigenvalue weighted by Gasteiger charge is -2.31. The lowest BCUT2D eigenvalue weighted by atomic mass is 9.78. The number of carbonyl (C=O) groups excluding carboxylic acids is 3. The third-order valence-corrected chi connectivity index (χ3v) is 7.07. The summed E-state index contributed by atoms with van der Waals surface area (Å²) in [4.78, 5) is 38.6. The second-order valence-electron chi connectivity index (χ2n) is 8.13. The minimum absolute atomic E-state index is 0.0797. The number of nitrogens with zero attached hydrogens (tertiary/aromatic N) is 1. The summed E-state index contributed by atoms with van der Waals surface area (Å²) in [5.74, 6) is -3.35. The predicted molar refractivity (Wildman–Crippen MR) is 142 cm³/mol. The van der Waals surface area contributed by atoms with Crippen LogP contribution in [-0.4, -0.2) is 52.0 Å². The van der Waals surface area contributed by atoms with Crippen LogP contribution in [-0.2, 0) is 25.5 Å². The standard InChI is InChI=1S/C27H29N3O7S/c1-6-15-9-7-8-10-18(15)29-21(31)14-38-26-17(13-28)22(23(25(32)30-26)27(33)37-5)16-11-19(34-2)24(36-4)20(12-16)35-3/h7-12,22-23H,6,14H2,1-5H3,(H,29,31)(H,30,32)/t22-,23-/m0/s1. The van der Waals surface area contributed by atoms with Crippen molar-refractivity contribution in [1.29, 1.82) is 5.26 Å².